The predicted octanol–water partition coefficient (Wildman–Crippen LogP) is 4.23. The number of rotatable bonds is 4. The molecule has 0 unspecified atom stereocenters. The van der Waals surface area contributed by atoms with Gasteiger partial charge in [-0.1, -0.05) is 41.8 Å². The number of anilines is 1. The minimum absolute atomic E-state index is 0.0328. The zero-order valence-corrected chi connectivity index (χ0v) is 16.9. The van der Waals surface area contributed by atoms with Crippen LogP contribution in [0.5, 0.6) is 0 Å². The molecular formula is C19H22ClN5O2S. The molecule has 148 valence electrons. The van der Waals surface area contributed by atoms with Crippen LogP contribution >= 0.6 is 22.9 Å². The summed E-state index contributed by atoms with van der Waals surface area (Å²) in [5.41, 5.74) is 0.604. The zero-order valence-electron chi connectivity index (χ0n) is 15.4. The van der Waals surface area contributed by atoms with Crippen molar-refractivity contribution in [3.05, 3.63) is 39.3 Å². The van der Waals surface area contributed by atoms with Crippen LogP contribution in [0.3, 0.4) is 0 Å². The average molecular weight is 420 g/mol. The van der Waals surface area contributed by atoms with Crippen molar-refractivity contribution < 1.29 is 9.59 Å². The molecule has 1 aromatic heterocycles. The number of nitrogens with one attached hydrogen (secondary N) is 2. The summed E-state index contributed by atoms with van der Waals surface area (Å²) in [7, 11) is 0. The van der Waals surface area contributed by atoms with Gasteiger partial charge in [-0.3, -0.25) is 4.79 Å². The molecule has 1 aliphatic carbocycles. The molecule has 2 aliphatic rings. The van der Waals surface area contributed by atoms with E-state index in [4.69, 9.17) is 11.6 Å². The van der Waals surface area contributed by atoms with Gasteiger partial charge in [-0.25, -0.2) is 4.79 Å². The topological polar surface area (TPSA) is 87.2 Å². The second-order valence-corrected chi connectivity index (χ2v) is 8.64. The molecule has 1 aliphatic heterocycles. The first kappa shape index (κ1) is 19.1. The fourth-order valence-electron chi connectivity index (χ4n) is 3.81. The number of amides is 3. The Morgan fingerprint density at radius 2 is 1.96 bits per heavy atom. The molecule has 9 heteroatoms. The molecule has 2 N–H and O–H groups in total. The van der Waals surface area contributed by atoms with E-state index in [1.807, 2.05) is 4.90 Å². The number of likely N-dealkylation sites (tertiary alicyclic amines) is 1. The van der Waals surface area contributed by atoms with Crippen LogP contribution in [0.2, 0.25) is 5.02 Å². The highest BCUT2D eigenvalue weighted by molar-refractivity contribution is 7.13. The lowest BCUT2D eigenvalue weighted by Gasteiger charge is -2.25. The molecule has 7 nitrogen and oxygen atoms in total. The standard InChI is InChI=1S/C19H22ClN5O2S/c20-12-5-3-8-14(11-12)21-16(26)18-24-23-17(28-18)15-9-4-10-25(15)19(27)22-13-6-1-2-7-13/h3,5,8,11,13,15H,1-2,4,6-7,9-10H2,(H,21,26)(H,22,27)/t15-/m1/s1. The zero-order chi connectivity index (χ0) is 19.5. The van der Waals surface area contributed by atoms with Gasteiger partial charge in [0.15, 0.2) is 0 Å². The van der Waals surface area contributed by atoms with Crippen LogP contribution in [-0.4, -0.2) is 39.6 Å². The van der Waals surface area contributed by atoms with E-state index in [0.717, 1.165) is 25.7 Å². The number of aromatic nitrogens is 2. The molecule has 2 heterocycles. The van der Waals surface area contributed by atoms with E-state index in [1.54, 1.807) is 24.3 Å². The second-order valence-electron chi connectivity index (χ2n) is 7.19. The smallest absolute Gasteiger partial charge is 0.318 e. The number of hydrogen-bond donors (Lipinski definition) is 2. The van der Waals surface area contributed by atoms with Gasteiger partial charge in [0.2, 0.25) is 5.01 Å². The first-order valence-electron chi connectivity index (χ1n) is 9.57. The van der Waals surface area contributed by atoms with Gasteiger partial charge in [-0.2, -0.15) is 0 Å². The molecule has 2 fully saturated rings. The predicted molar refractivity (Wildman–Crippen MR) is 109 cm³/mol. The van der Waals surface area contributed by atoms with Gasteiger partial charge >= 0.3 is 6.03 Å². The monoisotopic (exact) mass is 419 g/mol. The van der Waals surface area contributed by atoms with Crippen molar-refractivity contribution in [2.45, 2.75) is 50.6 Å². The van der Waals surface area contributed by atoms with Crippen molar-refractivity contribution in [3.8, 4) is 0 Å². The van der Waals surface area contributed by atoms with E-state index in [9.17, 15) is 9.59 Å². The van der Waals surface area contributed by atoms with Crippen LogP contribution < -0.4 is 10.6 Å². The third-order valence-electron chi connectivity index (χ3n) is 5.20. The maximum absolute atomic E-state index is 12.7. The summed E-state index contributed by atoms with van der Waals surface area (Å²) in [5, 5.41) is 15.7. The van der Waals surface area contributed by atoms with E-state index < -0.39 is 0 Å². The molecular weight excluding hydrogens is 398 g/mol. The lowest BCUT2D eigenvalue weighted by molar-refractivity contribution is 0.102. The third-order valence-corrected chi connectivity index (χ3v) is 6.46. The molecule has 1 aromatic carbocycles. The summed E-state index contributed by atoms with van der Waals surface area (Å²) in [4.78, 5) is 27.0. The molecule has 3 amide bonds. The van der Waals surface area contributed by atoms with Gasteiger partial charge in [0.05, 0.1) is 6.04 Å². The Morgan fingerprint density at radius 1 is 1.14 bits per heavy atom. The Morgan fingerprint density at radius 3 is 2.75 bits per heavy atom. The molecule has 2 aromatic rings. The SMILES string of the molecule is O=C(Nc1cccc(Cl)c1)c1nnc([C@H]2CCCN2C(=O)NC2CCCC2)s1. The summed E-state index contributed by atoms with van der Waals surface area (Å²) in [6, 6.07) is 7.07. The Bertz CT molecular complexity index is 868. The number of nitrogens with zero attached hydrogens (tertiary/aromatic N) is 3. The fraction of sp³-hybridized carbons (Fsp3) is 0.474. The number of halogens is 1. The Balaban J connectivity index is 1.42. The third kappa shape index (κ3) is 4.28. The number of carbonyl (C=O) groups is 2. The number of hydrogen-bond acceptors (Lipinski definition) is 5. The van der Waals surface area contributed by atoms with Crippen LogP contribution in [-0.2, 0) is 0 Å². The van der Waals surface area contributed by atoms with Crippen molar-refractivity contribution >= 4 is 40.6 Å². The summed E-state index contributed by atoms with van der Waals surface area (Å²) in [6.45, 7) is 0.701. The molecule has 28 heavy (non-hydrogen) atoms. The number of urea groups is 1. The quantitative estimate of drug-likeness (QED) is 0.776. The second kappa shape index (κ2) is 8.45. The maximum atomic E-state index is 12.7. The Labute approximate surface area is 172 Å². The molecule has 0 spiro atoms. The van der Waals surface area contributed by atoms with E-state index >= 15 is 0 Å². The van der Waals surface area contributed by atoms with Crippen molar-refractivity contribution in [2.24, 2.45) is 0 Å². The van der Waals surface area contributed by atoms with Crippen molar-refractivity contribution in [1.29, 1.82) is 0 Å². The summed E-state index contributed by atoms with van der Waals surface area (Å²) >= 11 is 7.19. The van der Waals surface area contributed by atoms with Crippen molar-refractivity contribution in [1.82, 2.24) is 20.4 Å². The summed E-state index contributed by atoms with van der Waals surface area (Å²) < 4.78 is 0. The fourth-order valence-corrected chi connectivity index (χ4v) is 4.88. The van der Waals surface area contributed by atoms with Gasteiger partial charge in [-0.05, 0) is 43.9 Å². The summed E-state index contributed by atoms with van der Waals surface area (Å²) in [6.07, 6.45) is 6.22. The number of benzene rings is 1. The molecule has 1 atom stereocenters. The highest BCUT2D eigenvalue weighted by Crippen LogP contribution is 2.34. The summed E-state index contributed by atoms with van der Waals surface area (Å²) in [5.74, 6) is -0.328. The van der Waals surface area contributed by atoms with Gasteiger partial charge < -0.3 is 15.5 Å². The first-order chi connectivity index (χ1) is 13.6. The molecule has 1 saturated heterocycles. The van der Waals surface area contributed by atoms with E-state index in [-0.39, 0.29) is 29.0 Å². The lowest BCUT2D eigenvalue weighted by atomic mass is 10.2. The van der Waals surface area contributed by atoms with Gasteiger partial charge in [0.1, 0.15) is 5.01 Å². The van der Waals surface area contributed by atoms with Crippen LogP contribution in [0.15, 0.2) is 24.3 Å². The molecule has 0 radical (unpaired) electrons. The normalized spacial score (nSPS) is 19.8. The largest absolute Gasteiger partial charge is 0.335 e. The highest BCUT2D eigenvalue weighted by Gasteiger charge is 2.34. The minimum atomic E-state index is -0.328. The van der Waals surface area contributed by atoms with Gasteiger partial charge in [0, 0.05) is 23.3 Å². The first-order valence-corrected chi connectivity index (χ1v) is 10.8. The minimum Gasteiger partial charge on any atom is -0.335 e. The highest BCUT2D eigenvalue weighted by atomic mass is 35.5. The number of carbonyl (C=O) groups excluding carboxylic acids is 2. The molecule has 0 bridgehead atoms. The van der Waals surface area contributed by atoms with Crippen LogP contribution in [0, 0.1) is 0 Å². The van der Waals surface area contributed by atoms with Gasteiger partial charge in [-0.15, -0.1) is 10.2 Å². The average Bonchev–Trinajstić information content (AvgIpc) is 3.42. The molecule has 1 saturated carbocycles. The lowest BCUT2D eigenvalue weighted by Crippen LogP contribution is -2.43. The van der Waals surface area contributed by atoms with Crippen LogP contribution in [0.1, 0.15) is 59.4 Å². The van der Waals surface area contributed by atoms with Crippen LogP contribution in [0.25, 0.3) is 0 Å². The van der Waals surface area contributed by atoms with Crippen LogP contribution in [0.4, 0.5) is 10.5 Å². The van der Waals surface area contributed by atoms with E-state index in [0.29, 0.717) is 22.3 Å². The van der Waals surface area contributed by atoms with Crippen molar-refractivity contribution in [3.63, 3.8) is 0 Å². The Kier molecular flexibility index (Phi) is 5.77. The van der Waals surface area contributed by atoms with Gasteiger partial charge in [0.25, 0.3) is 5.91 Å². The van der Waals surface area contributed by atoms with E-state index in [2.05, 4.69) is 20.8 Å². The van der Waals surface area contributed by atoms with Crippen molar-refractivity contribution in [2.75, 3.05) is 11.9 Å². The van der Waals surface area contributed by atoms with E-state index in [1.165, 1.54) is 24.2 Å². The molecule has 4 rings (SSSR count). The maximum Gasteiger partial charge on any atom is 0.318 e. The Hall–Kier alpha value is -2.19.